The topological polar surface area (TPSA) is 67.8 Å². The van der Waals surface area contributed by atoms with Crippen molar-refractivity contribution in [3.8, 4) is 0 Å². The highest BCUT2D eigenvalue weighted by atomic mass is 32.1. The highest BCUT2D eigenvalue weighted by molar-refractivity contribution is 7.19. The molecule has 3 aromatic heterocycles. The quantitative estimate of drug-likeness (QED) is 0.711. The van der Waals surface area contributed by atoms with E-state index in [1.807, 2.05) is 11.8 Å². The summed E-state index contributed by atoms with van der Waals surface area (Å²) < 4.78 is 1.77. The number of hydrogen-bond acceptors (Lipinski definition) is 5. The second-order valence-electron chi connectivity index (χ2n) is 7.62. The van der Waals surface area contributed by atoms with Gasteiger partial charge < -0.3 is 9.80 Å². The molecule has 7 nitrogen and oxygen atoms in total. The molecule has 0 unspecified atom stereocenters. The summed E-state index contributed by atoms with van der Waals surface area (Å²) in [6, 6.07) is 0. The Morgan fingerprint density at radius 1 is 1.19 bits per heavy atom. The third-order valence-electron chi connectivity index (χ3n) is 6.00. The molecule has 0 spiro atoms. The van der Waals surface area contributed by atoms with Crippen LogP contribution in [0.15, 0.2) is 0 Å². The minimum Gasteiger partial charge on any atom is -0.332 e. The van der Waals surface area contributed by atoms with Gasteiger partial charge in [-0.05, 0) is 45.1 Å². The van der Waals surface area contributed by atoms with E-state index in [2.05, 4.69) is 12.0 Å². The maximum Gasteiger partial charge on any atom is 0.293 e. The molecule has 0 atom stereocenters. The normalized spacial score (nSPS) is 18.4. The first-order valence-electron chi connectivity index (χ1n) is 9.96. The van der Waals surface area contributed by atoms with Crippen molar-refractivity contribution in [1.82, 2.24) is 24.5 Å². The molecule has 0 radical (unpaired) electrons. The summed E-state index contributed by atoms with van der Waals surface area (Å²) in [4.78, 5) is 28.4. The SMILES string of the molecule is CC[NH+]1CCN(C(=O)c2nc3c4c5c(sc4nc(C)n3n2)CCCC5)CC1. The van der Waals surface area contributed by atoms with Gasteiger partial charge in [0.25, 0.3) is 5.91 Å². The first kappa shape index (κ1) is 17.1. The van der Waals surface area contributed by atoms with Crippen molar-refractivity contribution in [1.29, 1.82) is 0 Å². The lowest BCUT2D eigenvalue weighted by molar-refractivity contribution is -0.902. The molecule has 1 saturated heterocycles. The van der Waals surface area contributed by atoms with E-state index < -0.39 is 0 Å². The monoisotopic (exact) mass is 385 g/mol. The van der Waals surface area contributed by atoms with Crippen LogP contribution in [0.3, 0.4) is 0 Å². The summed E-state index contributed by atoms with van der Waals surface area (Å²) in [7, 11) is 0. The Labute approximate surface area is 162 Å². The number of likely N-dealkylation sites (N-methyl/N-ethyl adjacent to an activating group) is 1. The molecule has 27 heavy (non-hydrogen) atoms. The van der Waals surface area contributed by atoms with Gasteiger partial charge in [-0.1, -0.05) is 0 Å². The summed E-state index contributed by atoms with van der Waals surface area (Å²) in [5.41, 5.74) is 2.18. The van der Waals surface area contributed by atoms with Crippen molar-refractivity contribution in [3.63, 3.8) is 0 Å². The van der Waals surface area contributed by atoms with E-state index in [4.69, 9.17) is 9.97 Å². The Kier molecular flexibility index (Phi) is 4.12. The van der Waals surface area contributed by atoms with E-state index in [1.54, 1.807) is 20.8 Å². The predicted octanol–water partition coefficient (Wildman–Crippen LogP) is 0.887. The number of piperazine rings is 1. The molecule has 4 heterocycles. The van der Waals surface area contributed by atoms with Crippen molar-refractivity contribution in [2.45, 2.75) is 39.5 Å². The lowest BCUT2D eigenvalue weighted by Crippen LogP contribution is -3.14. The van der Waals surface area contributed by atoms with Crippen LogP contribution in [-0.2, 0) is 12.8 Å². The number of nitrogens with one attached hydrogen (secondary N) is 1. The predicted molar refractivity (Wildman–Crippen MR) is 105 cm³/mol. The van der Waals surface area contributed by atoms with Crippen molar-refractivity contribution < 1.29 is 9.69 Å². The number of amides is 1. The highest BCUT2D eigenvalue weighted by Gasteiger charge is 2.28. The van der Waals surface area contributed by atoms with Crippen molar-refractivity contribution in [2.75, 3.05) is 32.7 Å². The highest BCUT2D eigenvalue weighted by Crippen LogP contribution is 2.37. The third-order valence-corrected chi connectivity index (χ3v) is 7.19. The summed E-state index contributed by atoms with van der Waals surface area (Å²) in [5.74, 6) is 1.05. The van der Waals surface area contributed by atoms with E-state index in [1.165, 1.54) is 23.3 Å². The van der Waals surface area contributed by atoms with Crippen LogP contribution >= 0.6 is 11.3 Å². The zero-order valence-electron chi connectivity index (χ0n) is 15.9. The Bertz CT molecular complexity index is 1030. The van der Waals surface area contributed by atoms with Gasteiger partial charge in [0.05, 0.1) is 38.1 Å². The zero-order chi connectivity index (χ0) is 18.5. The number of aromatic nitrogens is 4. The number of carbonyl (C=O) groups is 1. The number of rotatable bonds is 2. The molecule has 2 aliphatic rings. The molecule has 5 rings (SSSR count). The Morgan fingerprint density at radius 3 is 2.74 bits per heavy atom. The lowest BCUT2D eigenvalue weighted by atomic mass is 9.97. The lowest BCUT2D eigenvalue weighted by Gasteiger charge is -2.30. The first-order valence-corrected chi connectivity index (χ1v) is 10.8. The first-order chi connectivity index (χ1) is 13.2. The zero-order valence-corrected chi connectivity index (χ0v) is 16.7. The number of carbonyl (C=O) groups excluding carboxylic acids is 1. The fourth-order valence-electron chi connectivity index (χ4n) is 4.37. The van der Waals surface area contributed by atoms with Gasteiger partial charge in [0, 0.05) is 4.88 Å². The van der Waals surface area contributed by atoms with E-state index >= 15 is 0 Å². The molecule has 1 N–H and O–H groups in total. The van der Waals surface area contributed by atoms with Gasteiger partial charge in [-0.2, -0.15) is 4.52 Å². The van der Waals surface area contributed by atoms with Gasteiger partial charge in [0.15, 0.2) is 5.65 Å². The summed E-state index contributed by atoms with van der Waals surface area (Å²) >= 11 is 1.79. The van der Waals surface area contributed by atoms with Crippen LogP contribution in [0.1, 0.15) is 46.6 Å². The van der Waals surface area contributed by atoms with Crippen LogP contribution in [0.2, 0.25) is 0 Å². The smallest absolute Gasteiger partial charge is 0.293 e. The maximum atomic E-state index is 13.0. The molecular weight excluding hydrogens is 360 g/mol. The molecule has 1 aliphatic carbocycles. The molecule has 142 valence electrons. The molecule has 0 saturated carbocycles. The number of hydrogen-bond donors (Lipinski definition) is 1. The van der Waals surface area contributed by atoms with Gasteiger partial charge in [0.2, 0.25) is 5.82 Å². The van der Waals surface area contributed by atoms with E-state index in [-0.39, 0.29) is 5.91 Å². The summed E-state index contributed by atoms with van der Waals surface area (Å²) in [6.45, 7) is 8.80. The van der Waals surface area contributed by atoms with Gasteiger partial charge in [-0.25, -0.2) is 9.97 Å². The van der Waals surface area contributed by atoms with Crippen LogP contribution in [-0.4, -0.2) is 63.1 Å². The average Bonchev–Trinajstić information content (AvgIpc) is 3.29. The van der Waals surface area contributed by atoms with Gasteiger partial charge >= 0.3 is 0 Å². The van der Waals surface area contributed by atoms with E-state index in [9.17, 15) is 4.79 Å². The van der Waals surface area contributed by atoms with E-state index in [0.29, 0.717) is 5.82 Å². The molecule has 0 bridgehead atoms. The van der Waals surface area contributed by atoms with E-state index in [0.717, 1.165) is 67.3 Å². The molecule has 3 aromatic rings. The average molecular weight is 386 g/mol. The largest absolute Gasteiger partial charge is 0.332 e. The number of nitrogens with zero attached hydrogens (tertiary/aromatic N) is 5. The minimum atomic E-state index is -0.0505. The minimum absolute atomic E-state index is 0.0505. The number of aryl methyl sites for hydroxylation is 3. The Balaban J connectivity index is 1.57. The second-order valence-corrected chi connectivity index (χ2v) is 8.70. The summed E-state index contributed by atoms with van der Waals surface area (Å²) in [6.07, 6.45) is 4.67. The van der Waals surface area contributed by atoms with Gasteiger partial charge in [0.1, 0.15) is 10.7 Å². The number of fused-ring (bicyclic) bond motifs is 5. The molecule has 8 heteroatoms. The van der Waals surface area contributed by atoms with Gasteiger partial charge in [-0.15, -0.1) is 16.4 Å². The molecule has 1 amide bonds. The molecule has 0 aromatic carbocycles. The second kappa shape index (κ2) is 6.53. The van der Waals surface area contributed by atoms with Crippen LogP contribution < -0.4 is 4.90 Å². The van der Waals surface area contributed by atoms with Crippen LogP contribution in [0, 0.1) is 6.92 Å². The summed E-state index contributed by atoms with van der Waals surface area (Å²) in [5, 5.41) is 5.67. The Morgan fingerprint density at radius 2 is 1.96 bits per heavy atom. The van der Waals surface area contributed by atoms with Crippen molar-refractivity contribution in [3.05, 3.63) is 22.1 Å². The Hall–Kier alpha value is -2.06. The number of quaternary nitrogens is 1. The molecule has 1 fully saturated rings. The van der Waals surface area contributed by atoms with Crippen LogP contribution in [0.25, 0.3) is 15.9 Å². The van der Waals surface area contributed by atoms with Crippen LogP contribution in [0.4, 0.5) is 0 Å². The molecule has 1 aliphatic heterocycles. The van der Waals surface area contributed by atoms with Crippen molar-refractivity contribution >= 4 is 33.1 Å². The maximum absolute atomic E-state index is 13.0. The number of thiophene rings is 1. The molecular formula is C19H25N6OS+. The standard InChI is InChI=1S/C19H24N6OS/c1-3-23-8-10-24(11-9-23)19(26)16-21-17-15-13-6-4-5-7-14(13)27-18(15)20-12(2)25(17)22-16/h3-11H2,1-2H3/p+1. The van der Waals surface area contributed by atoms with Crippen LogP contribution in [0.5, 0.6) is 0 Å². The third kappa shape index (κ3) is 2.73. The van der Waals surface area contributed by atoms with Gasteiger partial charge in [-0.3, -0.25) is 4.79 Å². The fourth-order valence-corrected chi connectivity index (χ4v) is 5.67. The fraction of sp³-hybridized carbons (Fsp3) is 0.579. The van der Waals surface area contributed by atoms with Crippen molar-refractivity contribution in [2.24, 2.45) is 0 Å².